The fraction of sp³-hybridized carbons (Fsp3) is 0.923. The van der Waals surface area contributed by atoms with Crippen molar-refractivity contribution in [2.24, 2.45) is 5.41 Å². The number of carbonyl (C=O) groups is 1. The van der Waals surface area contributed by atoms with Crippen molar-refractivity contribution in [1.82, 2.24) is 15.5 Å². The van der Waals surface area contributed by atoms with Crippen molar-refractivity contribution in [3.8, 4) is 0 Å². The van der Waals surface area contributed by atoms with Gasteiger partial charge in [0, 0.05) is 26.2 Å². The topological polar surface area (TPSA) is 44.4 Å². The van der Waals surface area contributed by atoms with E-state index in [2.05, 4.69) is 43.4 Å². The van der Waals surface area contributed by atoms with Gasteiger partial charge >= 0.3 is 0 Å². The van der Waals surface area contributed by atoms with Crippen LogP contribution in [-0.4, -0.2) is 50.1 Å². The predicted octanol–water partition coefficient (Wildman–Crippen LogP) is 0.833. The average Bonchev–Trinajstić information content (AvgIpc) is 2.26. The Balaban J connectivity index is 2.33. The number of amides is 1. The minimum absolute atomic E-state index is 0.0498. The van der Waals surface area contributed by atoms with Gasteiger partial charge in [-0.1, -0.05) is 27.2 Å². The van der Waals surface area contributed by atoms with Crippen LogP contribution >= 0.6 is 0 Å². The molecule has 1 heterocycles. The van der Waals surface area contributed by atoms with Gasteiger partial charge in [0.25, 0.3) is 0 Å². The zero-order chi connectivity index (χ0) is 12.9. The Morgan fingerprint density at radius 1 is 1.53 bits per heavy atom. The molecule has 4 heteroatoms. The summed E-state index contributed by atoms with van der Waals surface area (Å²) in [7, 11) is 2.06. The van der Waals surface area contributed by atoms with Crippen LogP contribution in [0, 0.1) is 5.41 Å². The van der Waals surface area contributed by atoms with E-state index in [-0.39, 0.29) is 17.4 Å². The van der Waals surface area contributed by atoms with Gasteiger partial charge in [0.05, 0.1) is 6.04 Å². The van der Waals surface area contributed by atoms with Gasteiger partial charge in [-0.15, -0.1) is 0 Å². The van der Waals surface area contributed by atoms with Crippen LogP contribution in [-0.2, 0) is 4.79 Å². The lowest BCUT2D eigenvalue weighted by molar-refractivity contribution is -0.124. The highest BCUT2D eigenvalue weighted by atomic mass is 16.2. The molecule has 1 atom stereocenters. The molecule has 0 aromatic rings. The fourth-order valence-corrected chi connectivity index (χ4v) is 2.29. The van der Waals surface area contributed by atoms with E-state index in [0.717, 1.165) is 39.0 Å². The molecule has 0 saturated carbocycles. The normalized spacial score (nSPS) is 22.5. The molecular weight excluding hydrogens is 214 g/mol. The lowest BCUT2D eigenvalue weighted by Gasteiger charge is -2.31. The second kappa shape index (κ2) is 6.36. The predicted molar refractivity (Wildman–Crippen MR) is 71.0 cm³/mol. The first-order valence-electron chi connectivity index (χ1n) is 6.64. The molecular formula is C13H27N3O. The number of nitrogens with one attached hydrogen (secondary N) is 2. The minimum atomic E-state index is -0.0498. The number of piperazine rings is 1. The number of hydrogen-bond donors (Lipinski definition) is 2. The maximum absolute atomic E-state index is 12.0. The van der Waals surface area contributed by atoms with Crippen molar-refractivity contribution in [2.75, 3.05) is 33.2 Å². The SMILES string of the molecule is CCCC(C)(C)CNC(=O)C1CN(C)CCN1. The highest BCUT2D eigenvalue weighted by molar-refractivity contribution is 5.82. The summed E-state index contributed by atoms with van der Waals surface area (Å²) in [6.07, 6.45) is 2.30. The number of rotatable bonds is 5. The number of hydrogen-bond acceptors (Lipinski definition) is 3. The second-order valence-corrected chi connectivity index (χ2v) is 5.90. The molecule has 1 aliphatic rings. The minimum Gasteiger partial charge on any atom is -0.354 e. The molecule has 0 spiro atoms. The van der Waals surface area contributed by atoms with E-state index in [4.69, 9.17) is 0 Å². The lowest BCUT2D eigenvalue weighted by atomic mass is 9.88. The maximum atomic E-state index is 12.0. The van der Waals surface area contributed by atoms with Gasteiger partial charge in [-0.05, 0) is 18.9 Å². The molecule has 1 amide bonds. The van der Waals surface area contributed by atoms with Gasteiger partial charge in [-0.25, -0.2) is 0 Å². The first-order valence-corrected chi connectivity index (χ1v) is 6.64. The molecule has 1 saturated heterocycles. The first kappa shape index (κ1) is 14.5. The third-order valence-electron chi connectivity index (χ3n) is 3.36. The van der Waals surface area contributed by atoms with Gasteiger partial charge in [-0.2, -0.15) is 0 Å². The van der Waals surface area contributed by atoms with E-state index in [9.17, 15) is 4.79 Å². The molecule has 1 unspecified atom stereocenters. The summed E-state index contributed by atoms with van der Waals surface area (Å²) in [6.45, 7) is 10.1. The van der Waals surface area contributed by atoms with Crippen molar-refractivity contribution >= 4 is 5.91 Å². The van der Waals surface area contributed by atoms with Crippen molar-refractivity contribution in [1.29, 1.82) is 0 Å². The quantitative estimate of drug-likeness (QED) is 0.749. The number of carbonyl (C=O) groups excluding carboxylic acids is 1. The largest absolute Gasteiger partial charge is 0.354 e. The summed E-state index contributed by atoms with van der Waals surface area (Å²) < 4.78 is 0. The molecule has 1 aliphatic heterocycles. The molecule has 1 rings (SSSR count). The van der Waals surface area contributed by atoms with Crippen LogP contribution in [0.5, 0.6) is 0 Å². The number of nitrogens with zero attached hydrogens (tertiary/aromatic N) is 1. The Labute approximate surface area is 105 Å². The molecule has 1 fully saturated rings. The van der Waals surface area contributed by atoms with Crippen LogP contribution < -0.4 is 10.6 Å². The highest BCUT2D eigenvalue weighted by Crippen LogP contribution is 2.20. The average molecular weight is 241 g/mol. The number of likely N-dealkylation sites (N-methyl/N-ethyl adjacent to an activating group) is 1. The van der Waals surface area contributed by atoms with Crippen molar-refractivity contribution in [3.05, 3.63) is 0 Å². The molecule has 2 N–H and O–H groups in total. The van der Waals surface area contributed by atoms with E-state index < -0.39 is 0 Å². The van der Waals surface area contributed by atoms with E-state index in [1.54, 1.807) is 0 Å². The summed E-state index contributed by atoms with van der Waals surface area (Å²) in [5.74, 6) is 0.140. The van der Waals surface area contributed by atoms with Crippen LogP contribution in [0.25, 0.3) is 0 Å². The standard InChI is InChI=1S/C13H27N3O/c1-5-6-13(2,3)10-15-12(17)11-9-16(4)8-7-14-11/h11,14H,5-10H2,1-4H3,(H,15,17). The smallest absolute Gasteiger partial charge is 0.238 e. The Morgan fingerprint density at radius 3 is 2.82 bits per heavy atom. The van der Waals surface area contributed by atoms with E-state index >= 15 is 0 Å². The van der Waals surface area contributed by atoms with Gasteiger partial charge in [0.15, 0.2) is 0 Å². The zero-order valence-corrected chi connectivity index (χ0v) is 11.7. The molecule has 0 aromatic heterocycles. The lowest BCUT2D eigenvalue weighted by Crippen LogP contribution is -2.56. The van der Waals surface area contributed by atoms with E-state index in [1.165, 1.54) is 0 Å². The van der Waals surface area contributed by atoms with Crippen molar-refractivity contribution < 1.29 is 4.79 Å². The van der Waals surface area contributed by atoms with E-state index in [0.29, 0.717) is 0 Å². The zero-order valence-electron chi connectivity index (χ0n) is 11.7. The van der Waals surface area contributed by atoms with E-state index in [1.807, 2.05) is 0 Å². The van der Waals surface area contributed by atoms with Crippen LogP contribution in [0.1, 0.15) is 33.6 Å². The summed E-state index contributed by atoms with van der Waals surface area (Å²) in [5, 5.41) is 6.33. The van der Waals surface area contributed by atoms with Crippen LogP contribution in [0.3, 0.4) is 0 Å². The first-order chi connectivity index (χ1) is 7.94. The van der Waals surface area contributed by atoms with Gasteiger partial charge in [-0.3, -0.25) is 4.79 Å². The Bertz CT molecular complexity index is 253. The van der Waals surface area contributed by atoms with Crippen molar-refractivity contribution in [2.45, 2.75) is 39.7 Å². The second-order valence-electron chi connectivity index (χ2n) is 5.90. The van der Waals surface area contributed by atoms with Gasteiger partial charge in [0.2, 0.25) is 5.91 Å². The fourth-order valence-electron chi connectivity index (χ4n) is 2.29. The Morgan fingerprint density at radius 2 is 2.24 bits per heavy atom. The highest BCUT2D eigenvalue weighted by Gasteiger charge is 2.25. The molecule has 100 valence electrons. The maximum Gasteiger partial charge on any atom is 0.238 e. The van der Waals surface area contributed by atoms with Gasteiger partial charge < -0.3 is 15.5 Å². The Hall–Kier alpha value is -0.610. The molecule has 0 radical (unpaired) electrons. The van der Waals surface area contributed by atoms with Crippen LogP contribution in [0.4, 0.5) is 0 Å². The monoisotopic (exact) mass is 241 g/mol. The molecule has 4 nitrogen and oxygen atoms in total. The molecule has 17 heavy (non-hydrogen) atoms. The molecule has 0 aromatic carbocycles. The summed E-state index contributed by atoms with van der Waals surface area (Å²) in [6, 6.07) is -0.0498. The summed E-state index contributed by atoms with van der Waals surface area (Å²) >= 11 is 0. The summed E-state index contributed by atoms with van der Waals surface area (Å²) in [4.78, 5) is 14.2. The third kappa shape index (κ3) is 5.04. The third-order valence-corrected chi connectivity index (χ3v) is 3.36. The van der Waals surface area contributed by atoms with Gasteiger partial charge in [0.1, 0.15) is 0 Å². The van der Waals surface area contributed by atoms with Crippen LogP contribution in [0.2, 0.25) is 0 Å². The summed E-state index contributed by atoms with van der Waals surface area (Å²) in [5.41, 5.74) is 0.199. The van der Waals surface area contributed by atoms with Crippen LogP contribution in [0.15, 0.2) is 0 Å². The Kier molecular flexibility index (Phi) is 5.40. The van der Waals surface area contributed by atoms with Crippen molar-refractivity contribution in [3.63, 3.8) is 0 Å². The molecule has 0 bridgehead atoms. The molecule has 0 aliphatic carbocycles.